The lowest BCUT2D eigenvalue weighted by Crippen LogP contribution is -2.11. The highest BCUT2D eigenvalue weighted by atomic mass is 16.5. The molecule has 8 bridgehead atoms. The van der Waals surface area contributed by atoms with Crippen molar-refractivity contribution in [2.75, 3.05) is 52.9 Å². The van der Waals surface area contributed by atoms with Crippen molar-refractivity contribution < 1.29 is 37.9 Å². The molecule has 8 aromatic rings. The Morgan fingerprint density at radius 1 is 0.174 bits per heavy atom. The number of fused-ring (bicyclic) bond motifs is 8. The molecule has 0 radical (unpaired) electrons. The second kappa shape index (κ2) is 67.1. The van der Waals surface area contributed by atoms with Crippen molar-refractivity contribution in [2.24, 2.45) is 20.0 Å². The number of benzene rings is 8. The molecule has 0 atom stereocenters. The Labute approximate surface area is 801 Å². The van der Waals surface area contributed by atoms with Gasteiger partial charge in [-0.15, -0.1) is 0 Å². The van der Waals surface area contributed by atoms with Crippen LogP contribution in [0, 0.1) is 0 Å². The summed E-state index contributed by atoms with van der Waals surface area (Å²) in [6.07, 6.45) is 66.4. The summed E-state index contributed by atoms with van der Waals surface area (Å²) >= 11 is 0. The number of unbranched alkanes of at least 4 members (excludes halogenated alkanes) is 40. The Bertz CT molecular complexity index is 3840. The van der Waals surface area contributed by atoms with Gasteiger partial charge in [-0.3, -0.25) is 20.0 Å². The lowest BCUT2D eigenvalue weighted by molar-refractivity contribution is 0.293. The number of hydrogen-bond donors (Lipinski definition) is 0. The molecule has 12 nitrogen and oxygen atoms in total. The zero-order chi connectivity index (χ0) is 92.6. The number of ether oxygens (including phenoxy) is 8. The van der Waals surface area contributed by atoms with Crippen molar-refractivity contribution in [3.63, 3.8) is 0 Å². The molecule has 0 spiro atoms. The van der Waals surface area contributed by atoms with E-state index in [2.05, 4.69) is 201 Å². The monoisotopic (exact) mass is 1800 g/mol. The number of hydrogen-bond acceptors (Lipinski definition) is 12. The fraction of sp³-hybridized carbons (Fsp3) is 0.567. The Balaban J connectivity index is 1.29. The van der Waals surface area contributed by atoms with E-state index in [-0.39, 0.29) is 0 Å². The molecular weight excluding hydrogens is 1630 g/mol. The second-order valence-electron chi connectivity index (χ2n) is 37.3. The van der Waals surface area contributed by atoms with Gasteiger partial charge < -0.3 is 37.9 Å². The SMILES string of the molecule is CCCCCCCCOc1ccc(C=Nc2cc3c(OCCCCCCCC)c(c2)Cc2cc(N=Cc4ccc(OCCCCCCCC)cc4)cc(c2OCCCCCCCC)Cc2cc(N=Cc4ccc(OCCCCCCCC)cc4)cc(c2OCCCCCCCC)Cc2cc(N=Cc4ccc(OCCCCCCCC)cc4)cc(c2OCCCCCCCC)C3)cc1. The third kappa shape index (κ3) is 42.2. The molecule has 12 heteroatoms. The van der Waals surface area contributed by atoms with Gasteiger partial charge in [-0.1, -0.05) is 312 Å². The zero-order valence-corrected chi connectivity index (χ0v) is 83.6. The maximum absolute atomic E-state index is 7.59. The highest BCUT2D eigenvalue weighted by Crippen LogP contribution is 2.45. The van der Waals surface area contributed by atoms with Crippen LogP contribution < -0.4 is 37.9 Å². The van der Waals surface area contributed by atoms with E-state index in [4.69, 9.17) is 57.9 Å². The standard InChI is InChI=1S/C120H172N4O8/c1-9-17-25-33-41-49-73-125-113-65-57-97(58-66-113)93-121-109-85-101-81-103-87-110(122-94-98-59-67-114(68-60-98)126-74-50-42-34-26-18-10-2)89-105(118(103)130-78-54-46-38-30-22-14-6)83-107-91-112(124-96-100-63-71-116(72-64-100)128-76-52-44-36-28-20-12-4)92-108(120(107)132-80-56-48-40-32-24-16-8)84-106-90-111(123-95-99-61-69-115(70-62-99)127-75-51-43-35-27-19-11-3)88-104(119(106)131-79-55-47-39-31-23-15-7)82-102(86-109)117(101)129-77-53-45-37-29-21-13-5/h57-72,85-96H,9-56,73-84H2,1-8H3. The van der Waals surface area contributed by atoms with E-state index in [9.17, 15) is 0 Å². The maximum Gasteiger partial charge on any atom is 0.126 e. The maximum atomic E-state index is 7.59. The average Bonchev–Trinajstić information content (AvgIpc) is 0.770. The minimum atomic E-state index is 0.458. The van der Waals surface area contributed by atoms with Crippen LogP contribution in [0.1, 0.15) is 430 Å². The summed E-state index contributed by atoms with van der Waals surface area (Å²) in [5.41, 5.74) is 15.4. The van der Waals surface area contributed by atoms with E-state index in [1.807, 2.05) is 24.9 Å². The van der Waals surface area contributed by atoms with Crippen LogP contribution in [0.15, 0.2) is 166 Å². The van der Waals surface area contributed by atoms with Crippen LogP contribution in [-0.2, 0) is 25.7 Å². The molecule has 0 aromatic heterocycles. The molecule has 0 fully saturated rings. The van der Waals surface area contributed by atoms with Gasteiger partial charge in [0.2, 0.25) is 0 Å². The van der Waals surface area contributed by atoms with Crippen LogP contribution in [0.5, 0.6) is 46.0 Å². The van der Waals surface area contributed by atoms with Gasteiger partial charge in [0, 0.05) is 95.0 Å². The largest absolute Gasteiger partial charge is 0.494 e. The van der Waals surface area contributed by atoms with E-state index in [1.54, 1.807) is 0 Å². The highest BCUT2D eigenvalue weighted by molar-refractivity contribution is 5.85. The smallest absolute Gasteiger partial charge is 0.126 e. The molecule has 0 unspecified atom stereocenters. The normalized spacial score (nSPS) is 12.2. The minimum Gasteiger partial charge on any atom is -0.494 e. The van der Waals surface area contributed by atoms with Crippen molar-refractivity contribution in [3.05, 3.63) is 212 Å². The van der Waals surface area contributed by atoms with Crippen molar-refractivity contribution in [1.82, 2.24) is 0 Å². The molecule has 9 rings (SSSR count). The molecule has 0 amide bonds. The summed E-state index contributed by atoms with van der Waals surface area (Å²) in [4.78, 5) is 22.1. The van der Waals surface area contributed by atoms with Gasteiger partial charge in [0.25, 0.3) is 0 Å². The molecule has 0 saturated heterocycles. The lowest BCUT2D eigenvalue weighted by Gasteiger charge is -2.24. The van der Waals surface area contributed by atoms with Crippen molar-refractivity contribution >= 4 is 47.6 Å². The molecule has 0 aliphatic heterocycles. The molecule has 8 aromatic carbocycles. The minimum absolute atomic E-state index is 0.458. The van der Waals surface area contributed by atoms with E-state index < -0.39 is 0 Å². The third-order valence-corrected chi connectivity index (χ3v) is 25.4. The first-order chi connectivity index (χ1) is 65.2. The van der Waals surface area contributed by atoms with Crippen LogP contribution in [0.2, 0.25) is 0 Å². The Morgan fingerprint density at radius 2 is 0.311 bits per heavy atom. The van der Waals surface area contributed by atoms with Gasteiger partial charge in [0.1, 0.15) is 46.0 Å². The number of nitrogens with zero attached hydrogens (tertiary/aromatic N) is 4. The van der Waals surface area contributed by atoms with Gasteiger partial charge in [0.15, 0.2) is 0 Å². The van der Waals surface area contributed by atoms with Crippen LogP contribution >= 0.6 is 0 Å². The molecule has 720 valence electrons. The summed E-state index contributed by atoms with van der Waals surface area (Å²) in [6.45, 7) is 23.3. The number of rotatable bonds is 72. The van der Waals surface area contributed by atoms with Gasteiger partial charge in [-0.2, -0.15) is 0 Å². The summed E-state index contributed by atoms with van der Waals surface area (Å²) < 4.78 is 55.8. The molecule has 0 saturated carbocycles. The van der Waals surface area contributed by atoms with Crippen molar-refractivity contribution in [1.29, 1.82) is 0 Å². The summed E-state index contributed by atoms with van der Waals surface area (Å²) in [5.74, 6) is 6.95. The molecule has 0 heterocycles. The van der Waals surface area contributed by atoms with Crippen molar-refractivity contribution in [2.45, 2.75) is 389 Å². The highest BCUT2D eigenvalue weighted by Gasteiger charge is 2.26. The first-order valence-corrected chi connectivity index (χ1v) is 53.4. The number of aliphatic imine (C=N–C) groups is 4. The summed E-state index contributed by atoms with van der Waals surface area (Å²) in [7, 11) is 0. The fourth-order valence-corrected chi connectivity index (χ4v) is 17.6. The average molecular weight is 1800 g/mol. The van der Waals surface area contributed by atoms with Crippen LogP contribution in [0.4, 0.5) is 22.7 Å². The van der Waals surface area contributed by atoms with Crippen LogP contribution in [0.25, 0.3) is 0 Å². The summed E-state index contributed by atoms with van der Waals surface area (Å²) in [5, 5.41) is 0. The van der Waals surface area contributed by atoms with E-state index >= 15 is 0 Å². The van der Waals surface area contributed by atoms with E-state index in [1.165, 1.54) is 231 Å². The fourth-order valence-electron chi connectivity index (χ4n) is 17.6. The van der Waals surface area contributed by atoms with Crippen molar-refractivity contribution in [3.8, 4) is 46.0 Å². The molecular formula is C120H172N4O8. The van der Waals surface area contributed by atoms with Gasteiger partial charge in [0.05, 0.1) is 75.6 Å². The predicted octanol–water partition coefficient (Wildman–Crippen LogP) is 35.3. The Hall–Kier alpha value is -9.16. The van der Waals surface area contributed by atoms with Gasteiger partial charge >= 0.3 is 0 Å². The molecule has 1 aliphatic rings. The first-order valence-electron chi connectivity index (χ1n) is 53.4. The zero-order valence-electron chi connectivity index (χ0n) is 83.6. The Kier molecular flexibility index (Phi) is 54.1. The van der Waals surface area contributed by atoms with Crippen LogP contribution in [0.3, 0.4) is 0 Å². The quantitative estimate of drug-likeness (QED) is 0.0273. The second-order valence-corrected chi connectivity index (χ2v) is 37.3. The first kappa shape index (κ1) is 107. The van der Waals surface area contributed by atoms with E-state index in [0.29, 0.717) is 78.5 Å². The summed E-state index contributed by atoms with van der Waals surface area (Å²) in [6, 6.07) is 52.1. The molecule has 1 aliphatic carbocycles. The van der Waals surface area contributed by atoms with Gasteiger partial charge in [-0.25, -0.2) is 0 Å². The third-order valence-electron chi connectivity index (χ3n) is 25.4. The van der Waals surface area contributed by atoms with Crippen LogP contribution in [-0.4, -0.2) is 77.7 Å². The Morgan fingerprint density at radius 3 is 0.462 bits per heavy atom. The predicted molar refractivity (Wildman–Crippen MR) is 563 cm³/mol. The van der Waals surface area contributed by atoms with E-state index in [0.717, 1.165) is 213 Å². The van der Waals surface area contributed by atoms with Gasteiger partial charge in [-0.05, 0) is 219 Å². The molecule has 0 N–H and O–H groups in total. The lowest BCUT2D eigenvalue weighted by atomic mass is 9.90. The molecule has 132 heavy (non-hydrogen) atoms. The topological polar surface area (TPSA) is 123 Å².